The Morgan fingerprint density at radius 3 is 2.68 bits per heavy atom. The van der Waals surface area contributed by atoms with Crippen LogP contribution in [0.25, 0.3) is 0 Å². The van der Waals surface area contributed by atoms with Gasteiger partial charge in [-0.15, -0.1) is 0 Å². The molecule has 0 aliphatic carbocycles. The summed E-state index contributed by atoms with van der Waals surface area (Å²) in [4.78, 5) is 11.6. The Morgan fingerprint density at radius 1 is 1.47 bits per heavy atom. The SMILES string of the molecule is C[C@@H](CC[C@@H]1CC[C@@H](O)CO1)NC(=O)OC(C)(C)C. The molecular formula is C14H27NO4. The van der Waals surface area contributed by atoms with Crippen LogP contribution in [0.4, 0.5) is 4.79 Å². The first-order valence-corrected chi connectivity index (χ1v) is 7.05. The fourth-order valence-corrected chi connectivity index (χ4v) is 2.04. The Kier molecular flexibility index (Phi) is 6.07. The van der Waals surface area contributed by atoms with E-state index in [4.69, 9.17) is 9.47 Å². The van der Waals surface area contributed by atoms with Gasteiger partial charge in [0.2, 0.25) is 0 Å². The third-order valence-electron chi connectivity index (χ3n) is 3.03. The van der Waals surface area contributed by atoms with Gasteiger partial charge in [0, 0.05) is 6.04 Å². The third-order valence-corrected chi connectivity index (χ3v) is 3.03. The molecule has 1 rings (SSSR count). The van der Waals surface area contributed by atoms with Crippen molar-refractivity contribution < 1.29 is 19.4 Å². The molecule has 19 heavy (non-hydrogen) atoms. The molecular weight excluding hydrogens is 246 g/mol. The average Bonchev–Trinajstić information content (AvgIpc) is 2.25. The topological polar surface area (TPSA) is 67.8 Å². The Balaban J connectivity index is 2.17. The van der Waals surface area contributed by atoms with Gasteiger partial charge in [0.15, 0.2) is 0 Å². The minimum atomic E-state index is -0.466. The molecule has 1 heterocycles. The monoisotopic (exact) mass is 273 g/mol. The van der Waals surface area contributed by atoms with Gasteiger partial charge >= 0.3 is 6.09 Å². The number of alkyl carbamates (subject to hydrolysis) is 1. The van der Waals surface area contributed by atoms with Gasteiger partial charge < -0.3 is 19.9 Å². The maximum absolute atomic E-state index is 11.6. The highest BCUT2D eigenvalue weighted by Crippen LogP contribution is 2.18. The molecule has 1 amide bonds. The van der Waals surface area contributed by atoms with Gasteiger partial charge in [-0.25, -0.2) is 4.79 Å². The van der Waals surface area contributed by atoms with Crippen molar-refractivity contribution in [2.24, 2.45) is 0 Å². The van der Waals surface area contributed by atoms with Crippen LogP contribution < -0.4 is 5.32 Å². The van der Waals surface area contributed by atoms with Crippen LogP contribution in [0.15, 0.2) is 0 Å². The van der Waals surface area contributed by atoms with Crippen LogP contribution in [-0.4, -0.2) is 41.7 Å². The molecule has 2 N–H and O–H groups in total. The van der Waals surface area contributed by atoms with Gasteiger partial charge in [-0.1, -0.05) is 0 Å². The van der Waals surface area contributed by atoms with Gasteiger partial charge in [0.25, 0.3) is 0 Å². The van der Waals surface area contributed by atoms with E-state index >= 15 is 0 Å². The maximum atomic E-state index is 11.6. The van der Waals surface area contributed by atoms with Crippen LogP contribution >= 0.6 is 0 Å². The highest BCUT2D eigenvalue weighted by Gasteiger charge is 2.21. The maximum Gasteiger partial charge on any atom is 0.407 e. The second-order valence-electron chi connectivity index (χ2n) is 6.31. The number of rotatable bonds is 4. The highest BCUT2D eigenvalue weighted by atomic mass is 16.6. The van der Waals surface area contributed by atoms with Gasteiger partial charge in [0.1, 0.15) is 5.60 Å². The Bertz CT molecular complexity index is 280. The standard InChI is InChI=1S/C14H27NO4/c1-10(15-13(17)19-14(2,3)4)5-7-12-8-6-11(16)9-18-12/h10-12,16H,5-9H2,1-4H3,(H,15,17)/t10-,11+,12+/m0/s1. The van der Waals surface area contributed by atoms with Gasteiger partial charge in [0.05, 0.1) is 18.8 Å². The van der Waals surface area contributed by atoms with E-state index in [2.05, 4.69) is 5.32 Å². The third kappa shape index (κ3) is 7.38. The van der Waals surface area contributed by atoms with Crippen molar-refractivity contribution in [3.05, 3.63) is 0 Å². The lowest BCUT2D eigenvalue weighted by Crippen LogP contribution is -2.38. The first-order valence-electron chi connectivity index (χ1n) is 7.05. The molecule has 0 spiro atoms. The molecule has 3 atom stereocenters. The van der Waals surface area contributed by atoms with E-state index in [9.17, 15) is 9.90 Å². The van der Waals surface area contributed by atoms with Crippen molar-refractivity contribution >= 4 is 6.09 Å². The van der Waals surface area contributed by atoms with Crippen LogP contribution in [-0.2, 0) is 9.47 Å². The van der Waals surface area contributed by atoms with E-state index in [1.165, 1.54) is 0 Å². The molecule has 0 saturated carbocycles. The molecule has 0 bridgehead atoms. The van der Waals surface area contributed by atoms with E-state index in [-0.39, 0.29) is 24.3 Å². The fourth-order valence-electron chi connectivity index (χ4n) is 2.04. The smallest absolute Gasteiger partial charge is 0.407 e. The average molecular weight is 273 g/mol. The van der Waals surface area contributed by atoms with Gasteiger partial charge in [-0.2, -0.15) is 0 Å². The summed E-state index contributed by atoms with van der Waals surface area (Å²) in [6.45, 7) is 7.93. The zero-order valence-corrected chi connectivity index (χ0v) is 12.4. The van der Waals surface area contributed by atoms with Crippen LogP contribution in [0, 0.1) is 0 Å². The predicted molar refractivity (Wildman–Crippen MR) is 73.0 cm³/mol. The molecule has 0 aromatic rings. The van der Waals surface area contributed by atoms with Crippen molar-refractivity contribution in [3.8, 4) is 0 Å². The van der Waals surface area contributed by atoms with Crippen molar-refractivity contribution in [1.29, 1.82) is 0 Å². The van der Waals surface area contributed by atoms with Crippen LogP contribution in [0.1, 0.15) is 53.4 Å². The molecule has 1 aliphatic rings. The van der Waals surface area contributed by atoms with E-state index in [1.807, 2.05) is 27.7 Å². The van der Waals surface area contributed by atoms with Crippen LogP contribution in [0.5, 0.6) is 0 Å². The minimum absolute atomic E-state index is 0.0605. The van der Waals surface area contributed by atoms with Crippen LogP contribution in [0.2, 0.25) is 0 Å². The Morgan fingerprint density at radius 2 is 2.16 bits per heavy atom. The zero-order chi connectivity index (χ0) is 14.5. The summed E-state index contributed by atoms with van der Waals surface area (Å²) in [6, 6.07) is 0.0605. The summed E-state index contributed by atoms with van der Waals surface area (Å²) in [5, 5.41) is 12.2. The number of ether oxygens (including phenoxy) is 2. The Labute approximate surface area is 115 Å². The molecule has 0 aromatic heterocycles. The number of aliphatic hydroxyl groups is 1. The first-order chi connectivity index (χ1) is 8.76. The summed E-state index contributed by atoms with van der Waals surface area (Å²) >= 11 is 0. The largest absolute Gasteiger partial charge is 0.444 e. The Hall–Kier alpha value is -0.810. The lowest BCUT2D eigenvalue weighted by atomic mass is 10.0. The predicted octanol–water partition coefficient (Wildman–Crippen LogP) is 2.22. The highest BCUT2D eigenvalue weighted by molar-refractivity contribution is 5.67. The number of hydrogen-bond donors (Lipinski definition) is 2. The summed E-state index contributed by atoms with van der Waals surface area (Å²) < 4.78 is 10.7. The molecule has 1 fully saturated rings. The molecule has 1 aliphatic heterocycles. The van der Waals surface area contributed by atoms with E-state index in [1.54, 1.807) is 0 Å². The van der Waals surface area contributed by atoms with Crippen molar-refractivity contribution in [2.45, 2.75) is 77.2 Å². The number of nitrogens with one attached hydrogen (secondary N) is 1. The van der Waals surface area contributed by atoms with Crippen LogP contribution in [0.3, 0.4) is 0 Å². The van der Waals surface area contributed by atoms with Gasteiger partial charge in [-0.3, -0.25) is 0 Å². The summed E-state index contributed by atoms with van der Waals surface area (Å²) in [7, 11) is 0. The number of aliphatic hydroxyl groups excluding tert-OH is 1. The molecule has 0 aromatic carbocycles. The van der Waals surface area contributed by atoms with Crippen molar-refractivity contribution in [3.63, 3.8) is 0 Å². The van der Waals surface area contributed by atoms with E-state index < -0.39 is 5.60 Å². The number of amides is 1. The molecule has 0 unspecified atom stereocenters. The summed E-state index contributed by atoms with van der Waals surface area (Å²) in [5.74, 6) is 0. The normalized spacial score (nSPS) is 25.7. The first kappa shape index (κ1) is 16.2. The molecule has 5 heteroatoms. The summed E-state index contributed by atoms with van der Waals surface area (Å²) in [5.41, 5.74) is -0.466. The molecule has 0 radical (unpaired) electrons. The lowest BCUT2D eigenvalue weighted by molar-refractivity contribution is -0.0591. The fraction of sp³-hybridized carbons (Fsp3) is 0.929. The van der Waals surface area contributed by atoms with Crippen molar-refractivity contribution in [2.75, 3.05) is 6.61 Å². The van der Waals surface area contributed by atoms with Crippen molar-refractivity contribution in [1.82, 2.24) is 5.32 Å². The second-order valence-corrected chi connectivity index (χ2v) is 6.31. The quantitative estimate of drug-likeness (QED) is 0.824. The minimum Gasteiger partial charge on any atom is -0.444 e. The summed E-state index contributed by atoms with van der Waals surface area (Å²) in [6.07, 6.45) is 2.95. The van der Waals surface area contributed by atoms with E-state index in [0.717, 1.165) is 25.7 Å². The number of hydrogen-bond acceptors (Lipinski definition) is 4. The molecule has 112 valence electrons. The molecule has 5 nitrogen and oxygen atoms in total. The molecule has 1 saturated heterocycles. The second kappa shape index (κ2) is 7.10. The number of carbonyl (C=O) groups excluding carboxylic acids is 1. The van der Waals surface area contributed by atoms with Gasteiger partial charge in [-0.05, 0) is 53.4 Å². The number of carbonyl (C=O) groups is 1. The van der Waals surface area contributed by atoms with E-state index in [0.29, 0.717) is 6.61 Å². The lowest BCUT2D eigenvalue weighted by Gasteiger charge is -2.27. The zero-order valence-electron chi connectivity index (χ0n) is 12.4.